The Morgan fingerprint density at radius 1 is 1.59 bits per heavy atom. The maximum Gasteiger partial charge on any atom is 0.260 e. The quantitative estimate of drug-likeness (QED) is 0.787. The van der Waals surface area contributed by atoms with Crippen LogP contribution in [0.3, 0.4) is 0 Å². The highest BCUT2D eigenvalue weighted by molar-refractivity contribution is 5.77. The molecule has 1 aromatic rings. The highest BCUT2D eigenvalue weighted by atomic mass is 16.5. The number of nitriles is 1. The fourth-order valence-corrected chi connectivity index (χ4v) is 1.19. The Kier molecular flexibility index (Phi) is 4.35. The number of hydrogen-bond donors (Lipinski definition) is 1. The van der Waals surface area contributed by atoms with E-state index in [1.54, 1.807) is 24.1 Å². The first-order valence-corrected chi connectivity index (χ1v) is 5.24. The van der Waals surface area contributed by atoms with Crippen molar-refractivity contribution in [3.63, 3.8) is 0 Å². The third-order valence-corrected chi connectivity index (χ3v) is 2.38. The van der Waals surface area contributed by atoms with E-state index in [2.05, 4.69) is 0 Å². The summed E-state index contributed by atoms with van der Waals surface area (Å²) in [6.45, 7) is 2.42. The van der Waals surface area contributed by atoms with Crippen molar-refractivity contribution in [2.75, 3.05) is 25.9 Å². The second-order valence-corrected chi connectivity index (χ2v) is 3.56. The topological polar surface area (TPSA) is 79.3 Å². The molecule has 2 N–H and O–H groups in total. The lowest BCUT2D eigenvalue weighted by Gasteiger charge is -2.15. The number of carbonyl (C=O) groups is 1. The number of nitrogens with two attached hydrogens (primary N) is 1. The fourth-order valence-electron chi connectivity index (χ4n) is 1.19. The van der Waals surface area contributed by atoms with Crippen LogP contribution in [0.2, 0.25) is 0 Å². The Labute approximate surface area is 100 Å². The van der Waals surface area contributed by atoms with Crippen LogP contribution in [-0.2, 0) is 4.79 Å². The molecule has 0 bridgehead atoms. The first kappa shape index (κ1) is 12.8. The molecule has 1 amide bonds. The van der Waals surface area contributed by atoms with Crippen molar-refractivity contribution in [1.29, 1.82) is 5.26 Å². The van der Waals surface area contributed by atoms with E-state index in [1.807, 2.05) is 13.0 Å². The maximum absolute atomic E-state index is 11.5. The highest BCUT2D eigenvalue weighted by Crippen LogP contribution is 2.20. The molecule has 1 aromatic carbocycles. The fraction of sp³-hybridized carbons (Fsp3) is 0.333. The van der Waals surface area contributed by atoms with Crippen molar-refractivity contribution >= 4 is 11.6 Å². The standard InChI is InChI=1S/C12H15N3O2/c1-3-15(2)12(16)8-17-11-5-4-10(14)6-9(11)7-13/h4-6H,3,8,14H2,1-2H3. The van der Waals surface area contributed by atoms with Crippen molar-refractivity contribution in [3.8, 4) is 11.8 Å². The van der Waals surface area contributed by atoms with Crippen LogP contribution in [0.5, 0.6) is 5.75 Å². The van der Waals surface area contributed by atoms with E-state index >= 15 is 0 Å². The molecule has 0 unspecified atom stereocenters. The Bertz CT molecular complexity index is 452. The lowest BCUT2D eigenvalue weighted by molar-refractivity contribution is -0.131. The van der Waals surface area contributed by atoms with Gasteiger partial charge in [0.25, 0.3) is 5.91 Å². The van der Waals surface area contributed by atoms with Crippen molar-refractivity contribution in [2.24, 2.45) is 0 Å². The number of carbonyl (C=O) groups excluding carboxylic acids is 1. The minimum absolute atomic E-state index is 0.0804. The third-order valence-electron chi connectivity index (χ3n) is 2.38. The van der Waals surface area contributed by atoms with Gasteiger partial charge in [0.05, 0.1) is 5.56 Å². The van der Waals surface area contributed by atoms with Gasteiger partial charge in [-0.3, -0.25) is 4.79 Å². The van der Waals surface area contributed by atoms with Crippen LogP contribution in [0.25, 0.3) is 0 Å². The summed E-state index contributed by atoms with van der Waals surface area (Å²) in [5, 5.41) is 8.88. The minimum Gasteiger partial charge on any atom is -0.482 e. The van der Waals surface area contributed by atoms with Crippen LogP contribution in [0, 0.1) is 11.3 Å². The lowest BCUT2D eigenvalue weighted by Crippen LogP contribution is -2.31. The first-order chi connectivity index (χ1) is 8.08. The van der Waals surface area contributed by atoms with E-state index < -0.39 is 0 Å². The van der Waals surface area contributed by atoms with Gasteiger partial charge in [-0.1, -0.05) is 0 Å². The Morgan fingerprint density at radius 2 is 2.29 bits per heavy atom. The zero-order chi connectivity index (χ0) is 12.8. The Hall–Kier alpha value is -2.22. The number of hydrogen-bond acceptors (Lipinski definition) is 4. The monoisotopic (exact) mass is 233 g/mol. The van der Waals surface area contributed by atoms with Crippen LogP contribution in [0.4, 0.5) is 5.69 Å². The molecule has 0 spiro atoms. The summed E-state index contributed by atoms with van der Waals surface area (Å²) in [5.74, 6) is 0.243. The maximum atomic E-state index is 11.5. The number of rotatable bonds is 4. The smallest absolute Gasteiger partial charge is 0.260 e. The summed E-state index contributed by atoms with van der Waals surface area (Å²) in [5.41, 5.74) is 6.37. The summed E-state index contributed by atoms with van der Waals surface area (Å²) in [6, 6.07) is 6.71. The average molecular weight is 233 g/mol. The van der Waals surface area contributed by atoms with Gasteiger partial charge in [0, 0.05) is 19.3 Å². The largest absolute Gasteiger partial charge is 0.482 e. The van der Waals surface area contributed by atoms with Crippen molar-refractivity contribution < 1.29 is 9.53 Å². The summed E-state index contributed by atoms with van der Waals surface area (Å²) in [7, 11) is 1.69. The molecular weight excluding hydrogens is 218 g/mol. The molecule has 1 rings (SSSR count). The molecule has 0 aromatic heterocycles. The number of benzene rings is 1. The molecule has 0 fully saturated rings. The van der Waals surface area contributed by atoms with Gasteiger partial charge in [0.2, 0.25) is 0 Å². The number of amides is 1. The van der Waals surface area contributed by atoms with Gasteiger partial charge in [-0.15, -0.1) is 0 Å². The number of nitrogen functional groups attached to an aromatic ring is 1. The Balaban J connectivity index is 2.70. The summed E-state index contributed by atoms with van der Waals surface area (Å²) in [6.07, 6.45) is 0. The molecule has 0 atom stereocenters. The van der Waals surface area contributed by atoms with E-state index in [-0.39, 0.29) is 12.5 Å². The number of ether oxygens (including phenoxy) is 1. The van der Waals surface area contributed by atoms with Gasteiger partial charge in [0.1, 0.15) is 11.8 Å². The molecule has 90 valence electrons. The van der Waals surface area contributed by atoms with Gasteiger partial charge in [-0.25, -0.2) is 0 Å². The van der Waals surface area contributed by atoms with Crippen LogP contribution < -0.4 is 10.5 Å². The molecule has 5 heteroatoms. The van der Waals surface area contributed by atoms with E-state index in [1.165, 1.54) is 6.07 Å². The zero-order valence-corrected chi connectivity index (χ0v) is 9.93. The van der Waals surface area contributed by atoms with Gasteiger partial charge < -0.3 is 15.4 Å². The minimum atomic E-state index is -0.131. The van der Waals surface area contributed by atoms with Gasteiger partial charge in [-0.05, 0) is 25.1 Å². The van der Waals surface area contributed by atoms with E-state index in [0.717, 1.165) is 0 Å². The highest BCUT2D eigenvalue weighted by Gasteiger charge is 2.09. The molecule has 0 radical (unpaired) electrons. The molecule has 5 nitrogen and oxygen atoms in total. The average Bonchev–Trinajstić information content (AvgIpc) is 2.35. The predicted octanol–water partition coefficient (Wildman–Crippen LogP) is 0.998. The van der Waals surface area contributed by atoms with E-state index in [4.69, 9.17) is 15.7 Å². The third kappa shape index (κ3) is 3.38. The van der Waals surface area contributed by atoms with Gasteiger partial charge >= 0.3 is 0 Å². The van der Waals surface area contributed by atoms with Crippen LogP contribution in [0.15, 0.2) is 18.2 Å². The Morgan fingerprint density at radius 3 is 2.88 bits per heavy atom. The molecule has 0 heterocycles. The van der Waals surface area contributed by atoms with Gasteiger partial charge in [0.15, 0.2) is 6.61 Å². The molecule has 0 saturated heterocycles. The summed E-state index contributed by atoms with van der Waals surface area (Å²) >= 11 is 0. The number of anilines is 1. The van der Waals surface area contributed by atoms with E-state index in [0.29, 0.717) is 23.5 Å². The SMILES string of the molecule is CCN(C)C(=O)COc1ccc(N)cc1C#N. The first-order valence-electron chi connectivity index (χ1n) is 5.24. The summed E-state index contributed by atoms with van der Waals surface area (Å²) in [4.78, 5) is 13.1. The summed E-state index contributed by atoms with van der Waals surface area (Å²) < 4.78 is 5.30. The van der Waals surface area contributed by atoms with Crippen LogP contribution >= 0.6 is 0 Å². The molecule has 0 saturated carbocycles. The number of nitrogens with zero attached hydrogens (tertiary/aromatic N) is 2. The predicted molar refractivity (Wildman–Crippen MR) is 64.4 cm³/mol. The lowest BCUT2D eigenvalue weighted by atomic mass is 10.2. The number of likely N-dealkylation sites (N-methyl/N-ethyl adjacent to an activating group) is 1. The molecule has 17 heavy (non-hydrogen) atoms. The van der Waals surface area contributed by atoms with Crippen molar-refractivity contribution in [2.45, 2.75) is 6.92 Å². The van der Waals surface area contributed by atoms with Crippen LogP contribution in [-0.4, -0.2) is 31.0 Å². The molecular formula is C12H15N3O2. The van der Waals surface area contributed by atoms with Crippen molar-refractivity contribution in [1.82, 2.24) is 4.90 Å². The van der Waals surface area contributed by atoms with E-state index in [9.17, 15) is 4.79 Å². The second-order valence-electron chi connectivity index (χ2n) is 3.56. The van der Waals surface area contributed by atoms with Crippen molar-refractivity contribution in [3.05, 3.63) is 23.8 Å². The normalized spacial score (nSPS) is 9.47. The molecule has 0 aliphatic rings. The van der Waals surface area contributed by atoms with Gasteiger partial charge in [-0.2, -0.15) is 5.26 Å². The van der Waals surface area contributed by atoms with Crippen LogP contribution in [0.1, 0.15) is 12.5 Å². The zero-order valence-electron chi connectivity index (χ0n) is 9.93. The molecule has 0 aliphatic heterocycles. The second kappa shape index (κ2) is 5.75. The molecule has 0 aliphatic carbocycles.